The summed E-state index contributed by atoms with van der Waals surface area (Å²) in [6, 6.07) is 77.3. The maximum Gasteiger partial charge on any atom is 0.159 e. The van der Waals surface area contributed by atoms with E-state index in [9.17, 15) is 0 Å². The van der Waals surface area contributed by atoms with Crippen LogP contribution in [0.5, 0.6) is 0 Å². The molecule has 12 aromatic carbocycles. The summed E-state index contributed by atoms with van der Waals surface area (Å²) < 4.78 is 14.8. The molecule has 4 heteroatoms. The Kier molecular flexibility index (Phi) is 13.2. The van der Waals surface area contributed by atoms with Crippen LogP contribution in [0.1, 0.15) is 126 Å². The van der Waals surface area contributed by atoms with Crippen molar-refractivity contribution in [1.82, 2.24) is 0 Å². The minimum atomic E-state index is 0.210. The van der Waals surface area contributed by atoms with Gasteiger partial charge in [0.15, 0.2) is 11.2 Å². The summed E-state index contributed by atoms with van der Waals surface area (Å²) >= 11 is 0. The Balaban J connectivity index is 1.07. The zero-order valence-corrected chi connectivity index (χ0v) is 50.1. The molecule has 0 saturated heterocycles. The highest BCUT2D eigenvalue weighted by atomic mass is 16.3. The second-order valence-electron chi connectivity index (χ2n) is 24.4. The largest absolute Gasteiger partial charge is 0.453 e. The molecule has 0 N–H and O–H groups in total. The third kappa shape index (κ3) is 8.47. The van der Waals surface area contributed by atoms with Crippen molar-refractivity contribution >= 4 is 110 Å². The fraction of sp³-hybridized carbons (Fsp3) is 0.200. The van der Waals surface area contributed by atoms with Gasteiger partial charge in [-0.3, -0.25) is 0 Å². The third-order valence-electron chi connectivity index (χ3n) is 18.1. The van der Waals surface area contributed by atoms with Crippen LogP contribution >= 0.6 is 0 Å². The summed E-state index contributed by atoms with van der Waals surface area (Å²) in [5, 5.41) is 11.9. The van der Waals surface area contributed by atoms with Crippen molar-refractivity contribution in [3.05, 3.63) is 240 Å². The Morgan fingerprint density at radius 1 is 0.298 bits per heavy atom. The molecular formula is C80H72N2O2. The van der Waals surface area contributed by atoms with Crippen LogP contribution in [0.25, 0.3) is 98.4 Å². The van der Waals surface area contributed by atoms with Crippen LogP contribution in [-0.2, 0) is 12.8 Å². The number of hydrogen-bond acceptors (Lipinski definition) is 4. The summed E-state index contributed by atoms with van der Waals surface area (Å²) in [6.07, 6.45) is 1.86. The Bertz CT molecular complexity index is 4510. The highest BCUT2D eigenvalue weighted by Gasteiger charge is 2.30. The summed E-state index contributed by atoms with van der Waals surface area (Å²) in [7, 11) is 0. The molecule has 14 aromatic rings. The molecule has 0 saturated carbocycles. The molecule has 0 amide bonds. The number of benzene rings is 12. The van der Waals surface area contributed by atoms with Gasteiger partial charge in [-0.25, -0.2) is 0 Å². The predicted octanol–water partition coefficient (Wildman–Crippen LogP) is 24.3. The van der Waals surface area contributed by atoms with Crippen LogP contribution in [0.4, 0.5) is 34.1 Å². The van der Waals surface area contributed by atoms with Gasteiger partial charge in [0.1, 0.15) is 11.2 Å². The first-order valence-corrected chi connectivity index (χ1v) is 30.6. The quantitative estimate of drug-likeness (QED) is 0.102. The van der Waals surface area contributed by atoms with Gasteiger partial charge in [-0.05, 0) is 151 Å². The summed E-state index contributed by atoms with van der Waals surface area (Å²) in [5.41, 5.74) is 22.4. The van der Waals surface area contributed by atoms with Crippen LogP contribution in [0.2, 0.25) is 0 Å². The Labute approximate surface area is 493 Å². The summed E-state index contributed by atoms with van der Waals surface area (Å²) in [4.78, 5) is 4.99. The van der Waals surface area contributed by atoms with E-state index in [1.807, 2.05) is 0 Å². The van der Waals surface area contributed by atoms with Crippen LogP contribution in [0.15, 0.2) is 215 Å². The molecule has 2 aromatic heterocycles. The average Bonchev–Trinajstić information content (AvgIpc) is 1.42. The van der Waals surface area contributed by atoms with E-state index in [-0.39, 0.29) is 11.8 Å². The van der Waals surface area contributed by atoms with Crippen LogP contribution in [0, 0.1) is 0 Å². The second kappa shape index (κ2) is 20.9. The molecule has 0 aliphatic carbocycles. The summed E-state index contributed by atoms with van der Waals surface area (Å²) in [6.45, 7) is 22.9. The number of aryl methyl sites for hydroxylation is 2. The van der Waals surface area contributed by atoms with Crippen LogP contribution < -0.4 is 9.80 Å². The van der Waals surface area contributed by atoms with E-state index >= 15 is 0 Å². The molecule has 0 bridgehead atoms. The molecule has 4 nitrogen and oxygen atoms in total. The topological polar surface area (TPSA) is 32.8 Å². The fourth-order valence-electron chi connectivity index (χ4n) is 13.7. The van der Waals surface area contributed by atoms with Gasteiger partial charge in [-0.2, -0.15) is 0 Å². The van der Waals surface area contributed by atoms with Crippen molar-refractivity contribution in [2.45, 2.75) is 106 Å². The molecule has 0 aliphatic rings. The molecular weight excluding hydrogens is 1020 g/mol. The monoisotopic (exact) mass is 1090 g/mol. The van der Waals surface area contributed by atoms with Gasteiger partial charge in [0.05, 0.1) is 22.7 Å². The van der Waals surface area contributed by atoms with Gasteiger partial charge in [0.2, 0.25) is 0 Å². The average molecular weight is 1090 g/mol. The number of hydrogen-bond donors (Lipinski definition) is 0. The molecule has 0 fully saturated rings. The van der Waals surface area contributed by atoms with Crippen molar-refractivity contribution in [3.63, 3.8) is 0 Å². The van der Waals surface area contributed by atoms with E-state index in [4.69, 9.17) is 8.83 Å². The lowest BCUT2D eigenvalue weighted by molar-refractivity contribution is 0.669. The number of furan rings is 2. The lowest BCUT2D eigenvalue weighted by atomic mass is 9.84. The molecule has 0 aliphatic heterocycles. The zero-order chi connectivity index (χ0) is 57.7. The highest BCUT2D eigenvalue weighted by Crippen LogP contribution is 2.54. The number of rotatable bonds is 14. The van der Waals surface area contributed by atoms with Crippen molar-refractivity contribution in [3.8, 4) is 22.3 Å². The molecule has 0 atom stereocenters. The van der Waals surface area contributed by atoms with E-state index in [1.165, 1.54) is 76.8 Å². The SMILES string of the molecule is CCc1ccccc1-c1cccc2c1oc1c(N(c3ccc(C(C)C)cc3)c3cc(C(C)C)c4ccc5c(N(c6ccc(C(C)C)cc6)c6cccc7c6oc6c(-c8ccccc8CC)cccc67)cc(C(C)C)c6ccc3c4c65)cccc12. The van der Waals surface area contributed by atoms with E-state index < -0.39 is 0 Å². The second-order valence-corrected chi connectivity index (χ2v) is 24.4. The van der Waals surface area contributed by atoms with Gasteiger partial charge < -0.3 is 18.6 Å². The predicted molar refractivity (Wildman–Crippen MR) is 360 cm³/mol. The Morgan fingerprint density at radius 3 is 1.01 bits per heavy atom. The molecule has 2 heterocycles. The minimum Gasteiger partial charge on any atom is -0.453 e. The minimum absolute atomic E-state index is 0.210. The zero-order valence-electron chi connectivity index (χ0n) is 50.1. The normalized spacial score (nSPS) is 12.2. The number of fused-ring (bicyclic) bond motifs is 6. The van der Waals surface area contributed by atoms with E-state index in [0.717, 1.165) is 102 Å². The Hall–Kier alpha value is -9.12. The Morgan fingerprint density at radius 2 is 0.643 bits per heavy atom. The molecule has 84 heavy (non-hydrogen) atoms. The van der Waals surface area contributed by atoms with Crippen molar-refractivity contribution < 1.29 is 8.83 Å². The van der Waals surface area contributed by atoms with Crippen LogP contribution in [-0.4, -0.2) is 0 Å². The fourth-order valence-corrected chi connectivity index (χ4v) is 13.7. The van der Waals surface area contributed by atoms with Gasteiger partial charge >= 0.3 is 0 Å². The first kappa shape index (κ1) is 52.9. The standard InChI is InChI=1S/C80H72N2O2/c1-11-51-21-13-15-23-57(51)61-25-17-27-63-65-29-19-31-71(79(65)83-77(61)63)81(55-37-33-53(34-38-55)47(3)4)73-45-69(49(7)8)59-42-44-68-74(46-70(50(9)10)60-41-43-67(73)75(59)76(60)68)82(56-39-35-54(36-40-56)48(5)6)72-32-20-30-66-64-28-18-26-62(78(64)84-80(66)72)58-24-16-14-22-52(58)12-2/h13-50H,11-12H2,1-10H3. The molecule has 414 valence electrons. The van der Waals surface area contributed by atoms with Gasteiger partial charge in [0.25, 0.3) is 0 Å². The maximum atomic E-state index is 7.38. The molecule has 0 spiro atoms. The molecule has 0 unspecified atom stereocenters. The first-order chi connectivity index (χ1) is 40.9. The molecule has 0 radical (unpaired) electrons. The number of nitrogens with zero attached hydrogens (tertiary/aromatic N) is 2. The lowest BCUT2D eigenvalue weighted by Gasteiger charge is -2.31. The van der Waals surface area contributed by atoms with Crippen molar-refractivity contribution in [2.75, 3.05) is 9.80 Å². The van der Waals surface area contributed by atoms with E-state index in [2.05, 4.69) is 285 Å². The number of para-hydroxylation sites is 4. The number of anilines is 6. The van der Waals surface area contributed by atoms with E-state index in [1.54, 1.807) is 0 Å². The third-order valence-corrected chi connectivity index (χ3v) is 18.1. The summed E-state index contributed by atoms with van der Waals surface area (Å²) in [5.74, 6) is 1.19. The first-order valence-electron chi connectivity index (χ1n) is 30.6. The maximum absolute atomic E-state index is 7.38. The highest BCUT2D eigenvalue weighted by molar-refractivity contribution is 6.30. The van der Waals surface area contributed by atoms with Gasteiger partial charge in [-0.15, -0.1) is 0 Å². The molecule has 14 rings (SSSR count). The lowest BCUT2D eigenvalue weighted by Crippen LogP contribution is -2.13. The van der Waals surface area contributed by atoms with Gasteiger partial charge in [-0.1, -0.05) is 227 Å². The smallest absolute Gasteiger partial charge is 0.159 e. The van der Waals surface area contributed by atoms with Gasteiger partial charge in [0, 0.05) is 54.8 Å². The van der Waals surface area contributed by atoms with E-state index in [0.29, 0.717) is 11.8 Å². The van der Waals surface area contributed by atoms with Crippen molar-refractivity contribution in [2.24, 2.45) is 0 Å². The van der Waals surface area contributed by atoms with Crippen molar-refractivity contribution in [1.29, 1.82) is 0 Å². The van der Waals surface area contributed by atoms with Crippen LogP contribution in [0.3, 0.4) is 0 Å².